The molecular weight excluding hydrogens is 291 g/mol. The summed E-state index contributed by atoms with van der Waals surface area (Å²) in [4.78, 5) is 39.5. The fourth-order valence-electron chi connectivity index (χ4n) is 1.02. The Balaban J connectivity index is 4.49. The van der Waals surface area contributed by atoms with Gasteiger partial charge in [-0.15, -0.1) is 0 Å². The Morgan fingerprint density at radius 1 is 1.10 bits per heavy atom. The van der Waals surface area contributed by atoms with Crippen LogP contribution in [0.25, 0.3) is 0 Å². The molecule has 0 saturated carbocycles. The highest BCUT2D eigenvalue weighted by atomic mass is 31.2. The molecule has 0 unspecified atom stereocenters. The van der Waals surface area contributed by atoms with E-state index in [0.29, 0.717) is 0 Å². The van der Waals surface area contributed by atoms with Gasteiger partial charge >= 0.3 is 19.8 Å². The van der Waals surface area contributed by atoms with Gasteiger partial charge in [-0.25, -0.2) is 14.2 Å². The average Bonchev–Trinajstić information content (AvgIpc) is 2.27. The molecule has 0 aromatic rings. The van der Waals surface area contributed by atoms with Gasteiger partial charge in [0.05, 0.1) is 6.61 Å². The van der Waals surface area contributed by atoms with Crippen molar-refractivity contribution in [3.8, 4) is 0 Å². The van der Waals surface area contributed by atoms with Gasteiger partial charge in [-0.2, -0.15) is 0 Å². The van der Waals surface area contributed by atoms with Crippen molar-refractivity contribution in [2.75, 3.05) is 6.61 Å². The van der Waals surface area contributed by atoms with Crippen LogP contribution >= 0.6 is 7.82 Å². The molecule has 0 saturated heterocycles. The topological polar surface area (TPSA) is 119 Å². The SMILES string of the molecule is CC=CC(=O)OC(CCOP(=O)(O)O)OC(=O)C=CC. The number of esters is 2. The molecule has 0 rings (SSSR count). The van der Waals surface area contributed by atoms with Gasteiger partial charge in [0, 0.05) is 18.6 Å². The van der Waals surface area contributed by atoms with Crippen LogP contribution in [0.3, 0.4) is 0 Å². The third-order valence-corrected chi connectivity index (χ3v) is 2.23. The molecule has 0 radical (unpaired) electrons. The molecule has 0 atom stereocenters. The number of hydrogen-bond acceptors (Lipinski definition) is 6. The van der Waals surface area contributed by atoms with Crippen LogP contribution < -0.4 is 0 Å². The molecule has 0 aliphatic rings. The summed E-state index contributed by atoms with van der Waals surface area (Å²) >= 11 is 0. The second-order valence-corrected chi connectivity index (χ2v) is 4.66. The molecule has 2 N–H and O–H groups in total. The molecule has 0 amide bonds. The summed E-state index contributed by atoms with van der Waals surface area (Å²) in [6.07, 6.45) is 3.57. The van der Waals surface area contributed by atoms with E-state index >= 15 is 0 Å². The van der Waals surface area contributed by atoms with Crippen molar-refractivity contribution in [1.29, 1.82) is 0 Å². The van der Waals surface area contributed by atoms with E-state index in [0.717, 1.165) is 12.2 Å². The van der Waals surface area contributed by atoms with Crippen molar-refractivity contribution < 1.29 is 37.9 Å². The Bertz CT molecular complexity index is 396. The number of carbonyl (C=O) groups excluding carboxylic acids is 2. The highest BCUT2D eigenvalue weighted by molar-refractivity contribution is 7.46. The molecule has 0 aromatic carbocycles. The minimum Gasteiger partial charge on any atom is -0.422 e. The summed E-state index contributed by atoms with van der Waals surface area (Å²) < 4.78 is 24.3. The molecule has 114 valence electrons. The van der Waals surface area contributed by atoms with Crippen molar-refractivity contribution in [3.63, 3.8) is 0 Å². The Labute approximate surface area is 116 Å². The lowest BCUT2D eigenvalue weighted by Gasteiger charge is -2.16. The quantitative estimate of drug-likeness (QED) is 0.295. The predicted octanol–water partition coefficient (Wildman–Crippen LogP) is 1.05. The van der Waals surface area contributed by atoms with Gasteiger partial charge in [-0.3, -0.25) is 4.52 Å². The number of phosphoric acid groups is 1. The normalized spacial score (nSPS) is 13.6. The third kappa shape index (κ3) is 10.5. The lowest BCUT2D eigenvalue weighted by molar-refractivity contribution is -0.182. The molecular formula is C11H17O8P. The molecule has 0 spiro atoms. The summed E-state index contributed by atoms with van der Waals surface area (Å²) in [5, 5.41) is 0. The summed E-state index contributed by atoms with van der Waals surface area (Å²) in [6.45, 7) is 2.75. The predicted molar refractivity (Wildman–Crippen MR) is 68.2 cm³/mol. The average molecular weight is 308 g/mol. The largest absolute Gasteiger partial charge is 0.469 e. The molecule has 0 fully saturated rings. The van der Waals surface area contributed by atoms with E-state index in [1.807, 2.05) is 0 Å². The van der Waals surface area contributed by atoms with Crippen molar-refractivity contribution in [1.82, 2.24) is 0 Å². The number of rotatable bonds is 8. The van der Waals surface area contributed by atoms with Crippen LogP contribution in [-0.2, 0) is 28.2 Å². The second kappa shape index (κ2) is 9.44. The number of phosphoric ester groups is 1. The molecule has 0 bridgehead atoms. The maximum atomic E-state index is 11.2. The molecule has 0 aromatic heterocycles. The Morgan fingerprint density at radius 2 is 1.55 bits per heavy atom. The van der Waals surface area contributed by atoms with Crippen LogP contribution in [0.5, 0.6) is 0 Å². The highest BCUT2D eigenvalue weighted by Crippen LogP contribution is 2.35. The molecule has 0 heterocycles. The van der Waals surface area contributed by atoms with E-state index in [9.17, 15) is 14.2 Å². The summed E-state index contributed by atoms with van der Waals surface area (Å²) in [6, 6.07) is 0. The van der Waals surface area contributed by atoms with Gasteiger partial charge < -0.3 is 19.3 Å². The van der Waals surface area contributed by atoms with Gasteiger partial charge in [0.25, 0.3) is 0 Å². The minimum absolute atomic E-state index is 0.211. The Morgan fingerprint density at radius 3 is 1.90 bits per heavy atom. The van der Waals surface area contributed by atoms with Gasteiger partial charge in [0.2, 0.25) is 6.29 Å². The molecule has 9 heteroatoms. The van der Waals surface area contributed by atoms with Crippen molar-refractivity contribution in [3.05, 3.63) is 24.3 Å². The summed E-state index contributed by atoms with van der Waals surface area (Å²) in [5.74, 6) is -1.50. The van der Waals surface area contributed by atoms with Crippen LogP contribution in [0.4, 0.5) is 0 Å². The van der Waals surface area contributed by atoms with Crippen LogP contribution in [0, 0.1) is 0 Å². The maximum absolute atomic E-state index is 11.2. The fourth-order valence-corrected chi connectivity index (χ4v) is 1.36. The van der Waals surface area contributed by atoms with Crippen LogP contribution in [-0.4, -0.2) is 34.6 Å². The van der Waals surface area contributed by atoms with E-state index in [2.05, 4.69) is 4.52 Å². The van der Waals surface area contributed by atoms with Crippen LogP contribution in [0.15, 0.2) is 24.3 Å². The first kappa shape index (κ1) is 18.5. The Kier molecular flexibility index (Phi) is 8.74. The maximum Gasteiger partial charge on any atom is 0.469 e. The zero-order valence-corrected chi connectivity index (χ0v) is 12.0. The van der Waals surface area contributed by atoms with Gasteiger partial charge in [0.15, 0.2) is 0 Å². The number of ether oxygens (including phenoxy) is 2. The molecule has 0 aliphatic carbocycles. The number of allylic oxidation sites excluding steroid dienone is 2. The molecule has 8 nitrogen and oxygen atoms in total. The zero-order chi connectivity index (χ0) is 15.6. The number of hydrogen-bond donors (Lipinski definition) is 2. The highest BCUT2D eigenvalue weighted by Gasteiger charge is 2.20. The lowest BCUT2D eigenvalue weighted by atomic mass is 10.4. The van der Waals surface area contributed by atoms with E-state index in [1.54, 1.807) is 13.8 Å². The van der Waals surface area contributed by atoms with E-state index in [1.165, 1.54) is 12.2 Å². The Hall–Kier alpha value is -1.47. The first-order chi connectivity index (χ1) is 9.28. The van der Waals surface area contributed by atoms with E-state index in [-0.39, 0.29) is 6.42 Å². The van der Waals surface area contributed by atoms with Crippen molar-refractivity contribution >= 4 is 19.8 Å². The molecule has 20 heavy (non-hydrogen) atoms. The van der Waals surface area contributed by atoms with Crippen molar-refractivity contribution in [2.24, 2.45) is 0 Å². The standard InChI is InChI=1S/C11H17O8P/c1-3-5-9(12)18-11(19-10(13)6-4-2)7-8-17-20(14,15)16/h3-6,11H,7-8H2,1-2H3,(H2,14,15,16). The van der Waals surface area contributed by atoms with Crippen molar-refractivity contribution in [2.45, 2.75) is 26.6 Å². The fraction of sp³-hybridized carbons (Fsp3) is 0.455. The second-order valence-electron chi connectivity index (χ2n) is 3.42. The first-order valence-corrected chi connectivity index (χ1v) is 7.18. The van der Waals surface area contributed by atoms with Crippen LogP contribution in [0.1, 0.15) is 20.3 Å². The summed E-state index contributed by atoms with van der Waals surface area (Å²) in [7, 11) is -4.62. The van der Waals surface area contributed by atoms with Gasteiger partial charge in [-0.05, 0) is 13.8 Å². The number of carbonyl (C=O) groups is 2. The zero-order valence-electron chi connectivity index (χ0n) is 11.1. The van der Waals surface area contributed by atoms with E-state index in [4.69, 9.17) is 19.3 Å². The van der Waals surface area contributed by atoms with Crippen LogP contribution in [0.2, 0.25) is 0 Å². The minimum atomic E-state index is -4.62. The smallest absolute Gasteiger partial charge is 0.422 e. The first-order valence-electron chi connectivity index (χ1n) is 5.65. The molecule has 0 aliphatic heterocycles. The van der Waals surface area contributed by atoms with E-state index < -0.39 is 32.7 Å². The lowest BCUT2D eigenvalue weighted by Crippen LogP contribution is -2.24. The van der Waals surface area contributed by atoms with Gasteiger partial charge in [-0.1, -0.05) is 12.2 Å². The summed E-state index contributed by atoms with van der Waals surface area (Å²) in [5.41, 5.74) is 0. The third-order valence-electron chi connectivity index (χ3n) is 1.71. The van der Waals surface area contributed by atoms with Gasteiger partial charge in [0.1, 0.15) is 0 Å². The monoisotopic (exact) mass is 308 g/mol.